The van der Waals surface area contributed by atoms with E-state index in [0.29, 0.717) is 11.8 Å². The second-order valence-electron chi connectivity index (χ2n) is 4.73. The highest BCUT2D eigenvalue weighted by Gasteiger charge is 2.45. The number of carbonyl (C=O) groups is 1. The first-order valence-electron chi connectivity index (χ1n) is 5.94. The van der Waals surface area contributed by atoms with E-state index in [1.807, 2.05) is 0 Å². The average molecular weight is 212 g/mol. The van der Waals surface area contributed by atoms with Gasteiger partial charge in [-0.15, -0.1) is 0 Å². The molecule has 3 atom stereocenters. The number of nitrogens with one attached hydrogen (secondary N) is 1. The highest BCUT2D eigenvalue weighted by Crippen LogP contribution is 2.35. The summed E-state index contributed by atoms with van der Waals surface area (Å²) in [7, 11) is 0. The molecule has 0 aromatic rings. The number of hydrogen-bond acceptors (Lipinski definition) is 2. The van der Waals surface area contributed by atoms with Crippen LogP contribution >= 0.6 is 0 Å². The summed E-state index contributed by atoms with van der Waals surface area (Å²) in [6.45, 7) is 4.89. The Hall–Kier alpha value is -0.770. The lowest BCUT2D eigenvalue weighted by atomic mass is 9.91. The van der Waals surface area contributed by atoms with Gasteiger partial charge in [0.05, 0.1) is 0 Å². The number of hydrogen-bond donors (Lipinski definition) is 2. The number of unbranched alkanes of at least 4 members (excludes halogenated alkanes) is 1. The Morgan fingerprint density at radius 3 is 3.00 bits per heavy atom. The molecular formula is C11H20N2O2. The summed E-state index contributed by atoms with van der Waals surface area (Å²) in [6, 6.07) is 0.266. The van der Waals surface area contributed by atoms with Crippen LogP contribution in [-0.2, 0) is 0 Å². The van der Waals surface area contributed by atoms with Crippen molar-refractivity contribution in [2.75, 3.05) is 19.6 Å². The van der Waals surface area contributed by atoms with E-state index < -0.39 is 6.09 Å². The smallest absolute Gasteiger partial charge is 0.407 e. The molecule has 3 unspecified atom stereocenters. The standard InChI is InChI=1S/C11H20N2O2/c1-2-3-4-10-9-6-12-5-8(9)7-13(10)11(14)15/h8-10,12H,2-7H2,1H3,(H,14,15). The molecule has 0 bridgehead atoms. The van der Waals surface area contributed by atoms with Gasteiger partial charge in [0.15, 0.2) is 0 Å². The lowest BCUT2D eigenvalue weighted by molar-refractivity contribution is 0.130. The Labute approximate surface area is 90.6 Å². The summed E-state index contributed by atoms with van der Waals surface area (Å²) in [5.74, 6) is 1.12. The van der Waals surface area contributed by atoms with Gasteiger partial charge in [-0.2, -0.15) is 0 Å². The van der Waals surface area contributed by atoms with Crippen LogP contribution in [-0.4, -0.2) is 41.8 Å². The molecule has 2 N–H and O–H groups in total. The van der Waals surface area contributed by atoms with Crippen molar-refractivity contribution >= 4 is 6.09 Å². The molecule has 86 valence electrons. The number of amides is 1. The first kappa shape index (κ1) is 10.7. The molecule has 0 aliphatic carbocycles. The minimum atomic E-state index is -0.731. The first-order chi connectivity index (χ1) is 7.24. The van der Waals surface area contributed by atoms with Crippen molar-refractivity contribution in [1.29, 1.82) is 0 Å². The molecular weight excluding hydrogens is 192 g/mol. The van der Waals surface area contributed by atoms with E-state index in [0.717, 1.165) is 38.9 Å². The zero-order valence-electron chi connectivity index (χ0n) is 9.28. The highest BCUT2D eigenvalue weighted by atomic mass is 16.4. The molecule has 4 nitrogen and oxygen atoms in total. The molecule has 2 saturated heterocycles. The van der Waals surface area contributed by atoms with Gasteiger partial charge in [0.1, 0.15) is 0 Å². The van der Waals surface area contributed by atoms with E-state index in [4.69, 9.17) is 5.11 Å². The van der Waals surface area contributed by atoms with Gasteiger partial charge in [-0.1, -0.05) is 19.8 Å². The number of rotatable bonds is 3. The van der Waals surface area contributed by atoms with Crippen molar-refractivity contribution < 1.29 is 9.90 Å². The number of nitrogens with zero attached hydrogens (tertiary/aromatic N) is 1. The van der Waals surface area contributed by atoms with Crippen molar-refractivity contribution in [2.45, 2.75) is 32.2 Å². The quantitative estimate of drug-likeness (QED) is 0.743. The van der Waals surface area contributed by atoms with Crippen molar-refractivity contribution in [3.05, 3.63) is 0 Å². The maximum atomic E-state index is 11.1. The number of likely N-dealkylation sites (tertiary alicyclic amines) is 1. The van der Waals surface area contributed by atoms with E-state index in [1.165, 1.54) is 0 Å². The van der Waals surface area contributed by atoms with Gasteiger partial charge in [0, 0.05) is 25.7 Å². The van der Waals surface area contributed by atoms with E-state index in [9.17, 15) is 4.79 Å². The second kappa shape index (κ2) is 4.39. The van der Waals surface area contributed by atoms with Crippen molar-refractivity contribution in [2.24, 2.45) is 11.8 Å². The lowest BCUT2D eigenvalue weighted by Gasteiger charge is -2.25. The van der Waals surface area contributed by atoms with Gasteiger partial charge in [-0.25, -0.2) is 4.79 Å². The van der Waals surface area contributed by atoms with E-state index >= 15 is 0 Å². The van der Waals surface area contributed by atoms with Crippen LogP contribution in [0.15, 0.2) is 0 Å². The maximum Gasteiger partial charge on any atom is 0.407 e. The van der Waals surface area contributed by atoms with Gasteiger partial charge in [0.2, 0.25) is 0 Å². The first-order valence-corrected chi connectivity index (χ1v) is 5.94. The fourth-order valence-electron chi connectivity index (χ4n) is 3.03. The largest absolute Gasteiger partial charge is 0.465 e. The maximum absolute atomic E-state index is 11.1. The zero-order chi connectivity index (χ0) is 10.8. The molecule has 4 heteroatoms. The van der Waals surface area contributed by atoms with Gasteiger partial charge < -0.3 is 15.3 Å². The van der Waals surface area contributed by atoms with Crippen LogP contribution in [0.25, 0.3) is 0 Å². The fourth-order valence-corrected chi connectivity index (χ4v) is 3.03. The Balaban J connectivity index is 2.03. The summed E-state index contributed by atoms with van der Waals surface area (Å²) >= 11 is 0. The minimum Gasteiger partial charge on any atom is -0.465 e. The minimum absolute atomic E-state index is 0.266. The van der Waals surface area contributed by atoms with Crippen LogP contribution in [0, 0.1) is 11.8 Å². The van der Waals surface area contributed by atoms with Crippen LogP contribution in [0.3, 0.4) is 0 Å². The third-order valence-electron chi connectivity index (χ3n) is 3.82. The van der Waals surface area contributed by atoms with E-state index in [-0.39, 0.29) is 6.04 Å². The zero-order valence-corrected chi connectivity index (χ0v) is 9.28. The molecule has 2 heterocycles. The van der Waals surface area contributed by atoms with Crippen molar-refractivity contribution in [1.82, 2.24) is 10.2 Å². The van der Waals surface area contributed by atoms with Gasteiger partial charge in [-0.05, 0) is 18.3 Å². The lowest BCUT2D eigenvalue weighted by Crippen LogP contribution is -2.39. The summed E-state index contributed by atoms with van der Waals surface area (Å²) in [5, 5.41) is 12.5. The second-order valence-corrected chi connectivity index (χ2v) is 4.73. The molecule has 15 heavy (non-hydrogen) atoms. The molecule has 1 amide bonds. The number of carboxylic acid groups (broad SMARTS) is 1. The SMILES string of the molecule is CCCCC1C2CNCC2CN1C(=O)O. The molecule has 0 aromatic carbocycles. The monoisotopic (exact) mass is 212 g/mol. The van der Waals surface area contributed by atoms with E-state index in [1.54, 1.807) is 4.90 Å². The van der Waals surface area contributed by atoms with Crippen LogP contribution in [0.5, 0.6) is 0 Å². The summed E-state index contributed by atoms with van der Waals surface area (Å²) in [6.07, 6.45) is 2.59. The molecule has 0 aromatic heterocycles. The Morgan fingerprint density at radius 1 is 1.53 bits per heavy atom. The topological polar surface area (TPSA) is 52.6 Å². The molecule has 0 saturated carbocycles. The van der Waals surface area contributed by atoms with Gasteiger partial charge in [-0.3, -0.25) is 0 Å². The third-order valence-corrected chi connectivity index (χ3v) is 3.82. The van der Waals surface area contributed by atoms with Gasteiger partial charge >= 0.3 is 6.09 Å². The molecule has 0 spiro atoms. The average Bonchev–Trinajstić information content (AvgIpc) is 2.74. The normalized spacial score (nSPS) is 34.5. The molecule has 2 aliphatic heterocycles. The predicted molar refractivity (Wildman–Crippen MR) is 57.9 cm³/mol. The number of fused-ring (bicyclic) bond motifs is 1. The van der Waals surface area contributed by atoms with Crippen molar-refractivity contribution in [3.8, 4) is 0 Å². The Kier molecular flexibility index (Phi) is 3.14. The van der Waals surface area contributed by atoms with Crippen LogP contribution in [0.2, 0.25) is 0 Å². The van der Waals surface area contributed by atoms with Crippen LogP contribution in [0.4, 0.5) is 4.79 Å². The predicted octanol–water partition coefficient (Wildman–Crippen LogP) is 1.37. The molecule has 2 aliphatic rings. The molecule has 0 radical (unpaired) electrons. The van der Waals surface area contributed by atoms with Crippen molar-refractivity contribution in [3.63, 3.8) is 0 Å². The van der Waals surface area contributed by atoms with Crippen LogP contribution < -0.4 is 5.32 Å². The van der Waals surface area contributed by atoms with Gasteiger partial charge in [0.25, 0.3) is 0 Å². The highest BCUT2D eigenvalue weighted by molar-refractivity contribution is 5.66. The Bertz CT molecular complexity index is 245. The molecule has 2 fully saturated rings. The summed E-state index contributed by atoms with van der Waals surface area (Å²) in [4.78, 5) is 12.8. The van der Waals surface area contributed by atoms with E-state index in [2.05, 4.69) is 12.2 Å². The summed E-state index contributed by atoms with van der Waals surface area (Å²) in [5.41, 5.74) is 0. The Morgan fingerprint density at radius 2 is 2.33 bits per heavy atom. The molecule has 2 rings (SSSR count). The third kappa shape index (κ3) is 1.95. The summed E-state index contributed by atoms with van der Waals surface area (Å²) < 4.78 is 0. The van der Waals surface area contributed by atoms with Crippen LogP contribution in [0.1, 0.15) is 26.2 Å². The fraction of sp³-hybridized carbons (Fsp3) is 0.909.